The second kappa shape index (κ2) is 18.1. The van der Waals surface area contributed by atoms with Crippen LogP contribution in [0.3, 0.4) is 0 Å². The van der Waals surface area contributed by atoms with Crippen LogP contribution in [0, 0.1) is 13.5 Å². The summed E-state index contributed by atoms with van der Waals surface area (Å²) in [6.07, 6.45) is 14.0. The lowest BCUT2D eigenvalue weighted by atomic mass is 9.82. The molecule has 0 spiro atoms. The number of rotatable bonds is 13. The van der Waals surface area contributed by atoms with Gasteiger partial charge in [-0.2, -0.15) is 0 Å². The van der Waals surface area contributed by atoms with E-state index in [1.165, 1.54) is 59.5 Å². The smallest absolute Gasteiger partial charge is 0.178 e. The minimum atomic E-state index is -0.792. The van der Waals surface area contributed by atoms with E-state index in [0.717, 1.165) is 68.0 Å². The van der Waals surface area contributed by atoms with Gasteiger partial charge in [0.1, 0.15) is 5.75 Å². The van der Waals surface area contributed by atoms with Crippen LogP contribution in [0.5, 0.6) is 5.75 Å². The van der Waals surface area contributed by atoms with Gasteiger partial charge >= 0.3 is 0 Å². The van der Waals surface area contributed by atoms with Gasteiger partial charge in [0.25, 0.3) is 0 Å². The SMILES string of the molecule is [C-]#[N+]/C=C\c1ccc(-c2ccc(C3(c4ccccc4)C=Cc4c(ccc5cc(-c6ccc(N(c7ccc(C)cc7)c7ccc(CCCCCC)cc7)cc6)ccc45)O3)cc2)cc1. The summed E-state index contributed by atoms with van der Waals surface area (Å²) in [6, 6.07) is 65.4. The van der Waals surface area contributed by atoms with Crippen molar-refractivity contribution in [2.75, 3.05) is 4.90 Å². The molecule has 0 bridgehead atoms. The molecule has 0 N–H and O–H groups in total. The van der Waals surface area contributed by atoms with Crippen LogP contribution in [0.2, 0.25) is 0 Å². The Morgan fingerprint density at radius 3 is 1.87 bits per heavy atom. The van der Waals surface area contributed by atoms with Gasteiger partial charge in [0.2, 0.25) is 0 Å². The lowest BCUT2D eigenvalue weighted by molar-refractivity contribution is 0.161. The standard InChI is InChI=1S/C59H50N2O/c1-4-5-6-8-11-44-18-32-54(33-19-44)61(53-30-14-43(2)15-31-53)55-34-24-48(25-35-55)49-26-36-56-50(42-49)27-37-58-57(56)38-40-59(62-58,51-12-9-7-10-13-51)52-28-22-47(23-29-52)46-20-16-45(17-21-46)39-41-60-3/h7,9-10,12-42H,4-6,8,11H2,1-2H3/b41-39-. The second-order valence-electron chi connectivity index (χ2n) is 16.3. The molecule has 1 atom stereocenters. The Labute approximate surface area is 366 Å². The average molecular weight is 803 g/mol. The van der Waals surface area contributed by atoms with Crippen LogP contribution in [-0.2, 0) is 12.0 Å². The zero-order chi connectivity index (χ0) is 42.3. The molecule has 0 saturated carbocycles. The van der Waals surface area contributed by atoms with Crippen molar-refractivity contribution in [2.45, 2.75) is 51.6 Å². The van der Waals surface area contributed by atoms with Crippen molar-refractivity contribution in [2.24, 2.45) is 0 Å². The summed E-state index contributed by atoms with van der Waals surface area (Å²) in [5, 5.41) is 2.33. The monoisotopic (exact) mass is 802 g/mol. The largest absolute Gasteiger partial charge is 0.473 e. The van der Waals surface area contributed by atoms with Gasteiger partial charge in [-0.25, -0.2) is 4.85 Å². The minimum Gasteiger partial charge on any atom is -0.473 e. The molecule has 0 radical (unpaired) electrons. The highest BCUT2D eigenvalue weighted by Crippen LogP contribution is 2.45. The zero-order valence-electron chi connectivity index (χ0n) is 35.5. The molecule has 9 rings (SSSR count). The number of ether oxygens (including phenoxy) is 1. The first-order valence-electron chi connectivity index (χ1n) is 21.8. The summed E-state index contributed by atoms with van der Waals surface area (Å²) in [5.41, 5.74) is 14.1. The predicted molar refractivity (Wildman–Crippen MR) is 261 cm³/mol. The first-order valence-corrected chi connectivity index (χ1v) is 21.8. The van der Waals surface area contributed by atoms with Crippen molar-refractivity contribution < 1.29 is 4.74 Å². The topological polar surface area (TPSA) is 16.8 Å². The van der Waals surface area contributed by atoms with E-state index in [4.69, 9.17) is 11.3 Å². The van der Waals surface area contributed by atoms with Crippen molar-refractivity contribution in [3.63, 3.8) is 0 Å². The average Bonchev–Trinajstić information content (AvgIpc) is 3.33. The Morgan fingerprint density at radius 1 is 0.597 bits per heavy atom. The van der Waals surface area contributed by atoms with Crippen LogP contribution in [-0.4, -0.2) is 0 Å². The van der Waals surface area contributed by atoms with E-state index in [2.05, 4.69) is 200 Å². The van der Waals surface area contributed by atoms with E-state index >= 15 is 0 Å². The van der Waals surface area contributed by atoms with Crippen LogP contribution in [0.4, 0.5) is 17.1 Å². The third-order valence-electron chi connectivity index (χ3n) is 12.1. The van der Waals surface area contributed by atoms with Crippen LogP contribution in [0.15, 0.2) is 194 Å². The summed E-state index contributed by atoms with van der Waals surface area (Å²) in [7, 11) is 0. The van der Waals surface area contributed by atoms with E-state index in [1.54, 1.807) is 0 Å². The maximum absolute atomic E-state index is 7.14. The minimum absolute atomic E-state index is 0.792. The highest BCUT2D eigenvalue weighted by atomic mass is 16.5. The zero-order valence-corrected chi connectivity index (χ0v) is 35.5. The third-order valence-corrected chi connectivity index (χ3v) is 12.1. The first-order chi connectivity index (χ1) is 30.5. The molecule has 0 aliphatic carbocycles. The van der Waals surface area contributed by atoms with Gasteiger partial charge in [0, 0.05) is 33.8 Å². The molecule has 0 saturated heterocycles. The molecular formula is C59H50N2O. The van der Waals surface area contributed by atoms with E-state index in [0.29, 0.717) is 0 Å². The third kappa shape index (κ3) is 8.33. The molecule has 0 fully saturated rings. The van der Waals surface area contributed by atoms with Crippen molar-refractivity contribution in [3.8, 4) is 28.0 Å². The summed E-state index contributed by atoms with van der Waals surface area (Å²) in [5.74, 6) is 0.855. The van der Waals surface area contributed by atoms with Crippen molar-refractivity contribution in [1.29, 1.82) is 0 Å². The van der Waals surface area contributed by atoms with Crippen molar-refractivity contribution in [3.05, 3.63) is 239 Å². The molecule has 3 heteroatoms. The van der Waals surface area contributed by atoms with Gasteiger partial charge in [0.05, 0.1) is 6.57 Å². The van der Waals surface area contributed by atoms with Crippen LogP contribution in [0.25, 0.3) is 50.0 Å². The number of anilines is 3. The number of fused-ring (bicyclic) bond motifs is 3. The summed E-state index contributed by atoms with van der Waals surface area (Å²) in [6.45, 7) is 11.4. The lowest BCUT2D eigenvalue weighted by Crippen LogP contribution is -2.34. The lowest BCUT2D eigenvalue weighted by Gasteiger charge is -2.36. The molecule has 8 aromatic carbocycles. The fourth-order valence-electron chi connectivity index (χ4n) is 8.68. The Balaban J connectivity index is 0.987. The highest BCUT2D eigenvalue weighted by Gasteiger charge is 2.37. The van der Waals surface area contributed by atoms with Crippen LogP contribution >= 0.6 is 0 Å². The Morgan fingerprint density at radius 2 is 1.19 bits per heavy atom. The van der Waals surface area contributed by atoms with Gasteiger partial charge in [-0.05, 0) is 125 Å². The normalized spacial score (nSPS) is 14.3. The molecule has 302 valence electrons. The molecule has 1 aliphatic heterocycles. The Bertz CT molecular complexity index is 2890. The number of aryl methyl sites for hydroxylation is 2. The van der Waals surface area contributed by atoms with Gasteiger partial charge in [-0.1, -0.05) is 171 Å². The Kier molecular flexibility index (Phi) is 11.7. The molecule has 62 heavy (non-hydrogen) atoms. The number of unbranched alkanes of at least 4 members (excludes halogenated alkanes) is 3. The van der Waals surface area contributed by atoms with Crippen LogP contribution < -0.4 is 9.64 Å². The van der Waals surface area contributed by atoms with Crippen molar-refractivity contribution >= 4 is 40.0 Å². The molecule has 0 amide bonds. The molecule has 1 aliphatic rings. The molecule has 3 nitrogen and oxygen atoms in total. The summed E-state index contributed by atoms with van der Waals surface area (Å²) in [4.78, 5) is 5.68. The molecule has 0 aromatic heterocycles. The molecule has 1 unspecified atom stereocenters. The summed E-state index contributed by atoms with van der Waals surface area (Å²) >= 11 is 0. The van der Waals surface area contributed by atoms with E-state index in [9.17, 15) is 0 Å². The van der Waals surface area contributed by atoms with Gasteiger partial charge < -0.3 is 9.64 Å². The summed E-state index contributed by atoms with van der Waals surface area (Å²) < 4.78 is 7.14. The van der Waals surface area contributed by atoms with Gasteiger partial charge in [0.15, 0.2) is 11.8 Å². The first kappa shape index (κ1) is 40.0. The fourth-order valence-corrected chi connectivity index (χ4v) is 8.68. The number of hydrogen-bond acceptors (Lipinski definition) is 2. The maximum atomic E-state index is 7.14. The maximum Gasteiger partial charge on any atom is 0.178 e. The second-order valence-corrected chi connectivity index (χ2v) is 16.3. The number of nitrogens with zero attached hydrogens (tertiary/aromatic N) is 2. The van der Waals surface area contributed by atoms with Crippen LogP contribution in [0.1, 0.15) is 66.0 Å². The number of benzene rings is 8. The molecule has 1 heterocycles. The quantitative estimate of drug-likeness (QED) is 0.0853. The highest BCUT2D eigenvalue weighted by molar-refractivity contribution is 5.96. The van der Waals surface area contributed by atoms with E-state index < -0.39 is 5.60 Å². The van der Waals surface area contributed by atoms with Gasteiger partial charge in [-0.3, -0.25) is 0 Å². The fraction of sp³-hybridized carbons (Fsp3) is 0.136. The molecular weight excluding hydrogens is 753 g/mol. The molecule has 8 aromatic rings. The van der Waals surface area contributed by atoms with E-state index in [1.807, 2.05) is 24.3 Å². The predicted octanol–water partition coefficient (Wildman–Crippen LogP) is 16.3. The Hall–Kier alpha value is -7.41. The number of hydrogen-bond donors (Lipinski definition) is 0. The van der Waals surface area contributed by atoms with Crippen molar-refractivity contribution in [1.82, 2.24) is 0 Å². The van der Waals surface area contributed by atoms with E-state index in [-0.39, 0.29) is 0 Å². The van der Waals surface area contributed by atoms with Gasteiger partial charge in [-0.15, -0.1) is 0 Å².